The van der Waals surface area contributed by atoms with Crippen LogP contribution in [-0.2, 0) is 32.6 Å². The van der Waals surface area contributed by atoms with Crippen molar-refractivity contribution in [2.75, 3.05) is 17.1 Å². The van der Waals surface area contributed by atoms with Gasteiger partial charge < -0.3 is 10.2 Å². The predicted octanol–water partition coefficient (Wildman–Crippen LogP) is 4.94. The van der Waals surface area contributed by atoms with Crippen molar-refractivity contribution < 1.29 is 22.4 Å². The zero-order chi connectivity index (χ0) is 28.7. The fraction of sp³-hybridized carbons (Fsp3) is 0.333. The van der Waals surface area contributed by atoms with Crippen molar-refractivity contribution in [2.24, 2.45) is 0 Å². The minimum absolute atomic E-state index is 0.0253. The van der Waals surface area contributed by atoms with E-state index in [4.69, 9.17) is 11.6 Å². The van der Waals surface area contributed by atoms with Gasteiger partial charge in [-0.15, -0.1) is 0 Å². The van der Waals surface area contributed by atoms with E-state index in [1.165, 1.54) is 23.1 Å². The molecule has 1 atom stereocenters. The number of anilines is 1. The Kier molecular flexibility index (Phi) is 9.81. The van der Waals surface area contributed by atoms with Crippen LogP contribution in [0.4, 0.5) is 10.1 Å². The number of nitrogens with zero attached hydrogens (tertiary/aromatic N) is 2. The molecule has 4 rings (SSSR count). The van der Waals surface area contributed by atoms with Crippen LogP contribution in [0.5, 0.6) is 0 Å². The van der Waals surface area contributed by atoms with E-state index in [0.717, 1.165) is 53.4 Å². The van der Waals surface area contributed by atoms with Crippen LogP contribution in [0.3, 0.4) is 0 Å². The summed E-state index contributed by atoms with van der Waals surface area (Å²) < 4.78 is 40.4. The molecule has 0 spiro atoms. The average Bonchev–Trinajstić information content (AvgIpc) is 3.43. The number of amides is 2. The zero-order valence-electron chi connectivity index (χ0n) is 22.3. The fourth-order valence-electron chi connectivity index (χ4n) is 4.95. The molecule has 0 aliphatic heterocycles. The molecule has 0 radical (unpaired) electrons. The first-order chi connectivity index (χ1) is 19.1. The molecule has 1 saturated carbocycles. The minimum atomic E-state index is -3.96. The normalized spacial score (nSPS) is 14.5. The second kappa shape index (κ2) is 13.3. The molecule has 2 amide bonds. The SMILES string of the molecule is CS(=O)(=O)N(CC(=O)N(Cc1ccc(Cl)cc1)[C@@H](Cc1ccccc1)C(=O)NC1CCCC1)c1cccc(F)c1. The Morgan fingerprint density at radius 2 is 1.65 bits per heavy atom. The van der Waals surface area contributed by atoms with E-state index in [9.17, 15) is 22.4 Å². The molecule has 7 nitrogen and oxygen atoms in total. The van der Waals surface area contributed by atoms with E-state index >= 15 is 0 Å². The van der Waals surface area contributed by atoms with Gasteiger partial charge in [0.1, 0.15) is 18.4 Å². The topological polar surface area (TPSA) is 86.8 Å². The van der Waals surface area contributed by atoms with Gasteiger partial charge in [-0.1, -0.05) is 73.0 Å². The lowest BCUT2D eigenvalue weighted by atomic mass is 10.0. The van der Waals surface area contributed by atoms with Gasteiger partial charge in [0, 0.05) is 24.0 Å². The molecule has 1 fully saturated rings. The second-order valence-electron chi connectivity index (χ2n) is 10.1. The lowest BCUT2D eigenvalue weighted by Gasteiger charge is -2.34. The standard InChI is InChI=1S/C30H33ClFN3O4S/c1-40(38,39)35(27-13-7-10-25(32)19-27)21-29(36)34(20-23-14-16-24(31)17-15-23)28(18-22-8-3-2-4-9-22)30(37)33-26-11-5-6-12-26/h2-4,7-10,13-17,19,26,28H,5-6,11-12,18,20-21H2,1H3,(H,33,37)/t28-/m0/s1. The second-order valence-corrected chi connectivity index (χ2v) is 12.4. The highest BCUT2D eigenvalue weighted by atomic mass is 35.5. The quantitative estimate of drug-likeness (QED) is 0.345. The Balaban J connectivity index is 1.72. The van der Waals surface area contributed by atoms with E-state index in [0.29, 0.717) is 5.02 Å². The van der Waals surface area contributed by atoms with Gasteiger partial charge in [0.2, 0.25) is 21.8 Å². The maximum absolute atomic E-state index is 14.0. The van der Waals surface area contributed by atoms with Gasteiger partial charge in [0.25, 0.3) is 0 Å². The molecule has 10 heteroatoms. The van der Waals surface area contributed by atoms with Crippen LogP contribution in [-0.4, -0.2) is 50.0 Å². The summed E-state index contributed by atoms with van der Waals surface area (Å²) in [6, 6.07) is 20.5. The Morgan fingerprint density at radius 1 is 0.975 bits per heavy atom. The number of nitrogens with one attached hydrogen (secondary N) is 1. The summed E-state index contributed by atoms with van der Waals surface area (Å²) in [5, 5.41) is 3.64. The molecule has 0 heterocycles. The summed E-state index contributed by atoms with van der Waals surface area (Å²) in [6.45, 7) is -0.551. The maximum atomic E-state index is 14.0. The minimum Gasteiger partial charge on any atom is -0.352 e. The Labute approximate surface area is 240 Å². The van der Waals surface area contributed by atoms with Crippen molar-refractivity contribution in [3.63, 3.8) is 0 Å². The van der Waals surface area contributed by atoms with Gasteiger partial charge >= 0.3 is 0 Å². The van der Waals surface area contributed by atoms with E-state index < -0.39 is 34.3 Å². The van der Waals surface area contributed by atoms with E-state index in [1.54, 1.807) is 24.3 Å². The van der Waals surface area contributed by atoms with Crippen LogP contribution < -0.4 is 9.62 Å². The van der Waals surface area contributed by atoms with E-state index in [1.807, 2.05) is 30.3 Å². The summed E-state index contributed by atoms with van der Waals surface area (Å²) in [6.07, 6.45) is 4.99. The summed E-state index contributed by atoms with van der Waals surface area (Å²) >= 11 is 6.08. The van der Waals surface area contributed by atoms with Crippen LogP contribution in [0.25, 0.3) is 0 Å². The van der Waals surface area contributed by atoms with E-state index in [-0.39, 0.29) is 30.6 Å². The first-order valence-corrected chi connectivity index (χ1v) is 15.4. The molecule has 212 valence electrons. The van der Waals surface area contributed by atoms with Crippen molar-refractivity contribution in [2.45, 2.75) is 50.7 Å². The highest BCUT2D eigenvalue weighted by Gasteiger charge is 2.34. The molecule has 1 aliphatic rings. The summed E-state index contributed by atoms with van der Waals surface area (Å²) in [4.78, 5) is 29.2. The van der Waals surface area contributed by atoms with Crippen molar-refractivity contribution in [1.82, 2.24) is 10.2 Å². The number of hydrogen-bond acceptors (Lipinski definition) is 4. The first kappa shape index (κ1) is 29.6. The molecule has 1 N–H and O–H groups in total. The van der Waals surface area contributed by atoms with Crippen molar-refractivity contribution in [1.29, 1.82) is 0 Å². The summed E-state index contributed by atoms with van der Waals surface area (Å²) in [7, 11) is -3.96. The van der Waals surface area contributed by atoms with Crippen LogP contribution in [0.2, 0.25) is 5.02 Å². The van der Waals surface area contributed by atoms with Gasteiger partial charge in [0.05, 0.1) is 11.9 Å². The highest BCUT2D eigenvalue weighted by Crippen LogP contribution is 2.23. The van der Waals surface area contributed by atoms with Gasteiger partial charge in [-0.05, 0) is 54.3 Å². The van der Waals surface area contributed by atoms with Crippen molar-refractivity contribution >= 4 is 39.1 Å². The number of halogens is 2. The van der Waals surface area contributed by atoms with Crippen LogP contribution >= 0.6 is 11.6 Å². The van der Waals surface area contributed by atoms with Crippen LogP contribution in [0.1, 0.15) is 36.8 Å². The van der Waals surface area contributed by atoms with Gasteiger partial charge in [0.15, 0.2) is 0 Å². The van der Waals surface area contributed by atoms with E-state index in [2.05, 4.69) is 5.32 Å². The number of carbonyl (C=O) groups is 2. The predicted molar refractivity (Wildman–Crippen MR) is 155 cm³/mol. The highest BCUT2D eigenvalue weighted by molar-refractivity contribution is 7.92. The third kappa shape index (κ3) is 8.05. The number of sulfonamides is 1. The molecule has 3 aromatic rings. The molecule has 3 aromatic carbocycles. The molecule has 0 aromatic heterocycles. The molecule has 0 saturated heterocycles. The molecule has 1 aliphatic carbocycles. The van der Waals surface area contributed by atoms with Gasteiger partial charge in [-0.3, -0.25) is 13.9 Å². The molecular weight excluding hydrogens is 553 g/mol. The van der Waals surface area contributed by atoms with Crippen molar-refractivity contribution in [3.05, 3.63) is 101 Å². The third-order valence-electron chi connectivity index (χ3n) is 7.01. The summed E-state index contributed by atoms with van der Waals surface area (Å²) in [5.74, 6) is -1.52. The maximum Gasteiger partial charge on any atom is 0.244 e. The number of benzene rings is 3. The Morgan fingerprint density at radius 3 is 2.27 bits per heavy atom. The number of rotatable bonds is 11. The zero-order valence-corrected chi connectivity index (χ0v) is 23.9. The van der Waals surface area contributed by atoms with Crippen molar-refractivity contribution in [3.8, 4) is 0 Å². The lowest BCUT2D eigenvalue weighted by molar-refractivity contribution is -0.140. The lowest BCUT2D eigenvalue weighted by Crippen LogP contribution is -2.54. The smallest absolute Gasteiger partial charge is 0.244 e. The third-order valence-corrected chi connectivity index (χ3v) is 8.41. The number of hydrogen-bond donors (Lipinski definition) is 1. The average molecular weight is 586 g/mol. The first-order valence-electron chi connectivity index (χ1n) is 13.2. The molecule has 0 unspecified atom stereocenters. The van der Waals surface area contributed by atoms with Crippen LogP contribution in [0, 0.1) is 5.82 Å². The fourth-order valence-corrected chi connectivity index (χ4v) is 5.92. The summed E-state index contributed by atoms with van der Waals surface area (Å²) in [5.41, 5.74) is 1.60. The molecular formula is C30H33ClFN3O4S. The van der Waals surface area contributed by atoms with Gasteiger partial charge in [-0.2, -0.15) is 0 Å². The molecule has 40 heavy (non-hydrogen) atoms. The monoisotopic (exact) mass is 585 g/mol. The number of carbonyl (C=O) groups excluding carboxylic acids is 2. The Bertz CT molecular complexity index is 1410. The molecule has 0 bridgehead atoms. The largest absolute Gasteiger partial charge is 0.352 e. The van der Waals surface area contributed by atoms with Gasteiger partial charge in [-0.25, -0.2) is 12.8 Å². The Hall–Kier alpha value is -3.43. The van der Waals surface area contributed by atoms with Crippen LogP contribution in [0.15, 0.2) is 78.9 Å².